The first-order chi connectivity index (χ1) is 11.9. The second kappa shape index (κ2) is 6.27. The number of ether oxygens (including phenoxy) is 2. The van der Waals surface area contributed by atoms with Gasteiger partial charge in [-0.3, -0.25) is 9.59 Å². The minimum atomic E-state index is -1.77. The topological polar surface area (TPSA) is 111 Å². The zero-order valence-electron chi connectivity index (χ0n) is 14.2. The standard InChI is InChI=1S/C17H21N3O5/c1-3-24-14(21)12-5-4-8-20(12)16(23)17(2)15(22)19-11-7-6-10(18)9-13(11)25-17/h6-7,9,12H,3-5,8,18H2,1-2H3,(H,19,22)/t12-,17+/m0/s1. The van der Waals surface area contributed by atoms with E-state index in [4.69, 9.17) is 15.2 Å². The van der Waals surface area contributed by atoms with Gasteiger partial charge in [0.15, 0.2) is 0 Å². The number of hydrogen-bond acceptors (Lipinski definition) is 6. The first-order valence-corrected chi connectivity index (χ1v) is 8.24. The molecule has 8 heteroatoms. The van der Waals surface area contributed by atoms with Gasteiger partial charge in [0.1, 0.15) is 11.8 Å². The van der Waals surface area contributed by atoms with Crippen molar-refractivity contribution in [2.45, 2.75) is 38.3 Å². The number of nitrogens with zero attached hydrogens (tertiary/aromatic N) is 1. The van der Waals surface area contributed by atoms with E-state index in [2.05, 4.69) is 5.32 Å². The van der Waals surface area contributed by atoms with Crippen LogP contribution in [0.2, 0.25) is 0 Å². The van der Waals surface area contributed by atoms with Crippen LogP contribution in [-0.4, -0.2) is 47.5 Å². The summed E-state index contributed by atoms with van der Waals surface area (Å²) < 4.78 is 10.8. The van der Waals surface area contributed by atoms with E-state index in [-0.39, 0.29) is 6.61 Å². The average molecular weight is 347 g/mol. The van der Waals surface area contributed by atoms with Crippen molar-refractivity contribution in [2.24, 2.45) is 0 Å². The van der Waals surface area contributed by atoms with Crippen molar-refractivity contribution < 1.29 is 23.9 Å². The minimum absolute atomic E-state index is 0.234. The van der Waals surface area contributed by atoms with E-state index >= 15 is 0 Å². The van der Waals surface area contributed by atoms with Crippen molar-refractivity contribution in [1.82, 2.24) is 4.90 Å². The molecule has 0 spiro atoms. The first kappa shape index (κ1) is 17.1. The van der Waals surface area contributed by atoms with Crippen LogP contribution in [0.1, 0.15) is 26.7 Å². The number of nitrogens with one attached hydrogen (secondary N) is 1. The first-order valence-electron chi connectivity index (χ1n) is 8.24. The SMILES string of the molecule is CCOC(=O)[C@@H]1CCCN1C(=O)[C@]1(C)Oc2cc(N)ccc2NC1=O. The third-order valence-electron chi connectivity index (χ3n) is 4.48. The number of anilines is 2. The fraction of sp³-hybridized carbons (Fsp3) is 0.471. The second-order valence-electron chi connectivity index (χ2n) is 6.25. The normalized spacial score (nSPS) is 25.0. The summed E-state index contributed by atoms with van der Waals surface area (Å²) in [5.74, 6) is -1.28. The molecule has 2 amide bonds. The van der Waals surface area contributed by atoms with Gasteiger partial charge in [-0.05, 0) is 38.8 Å². The third kappa shape index (κ3) is 2.88. The van der Waals surface area contributed by atoms with Gasteiger partial charge in [0.05, 0.1) is 12.3 Å². The van der Waals surface area contributed by atoms with Crippen LogP contribution in [0.5, 0.6) is 5.75 Å². The molecule has 3 N–H and O–H groups in total. The van der Waals surface area contributed by atoms with Crippen molar-refractivity contribution in [2.75, 3.05) is 24.2 Å². The summed E-state index contributed by atoms with van der Waals surface area (Å²) in [6.07, 6.45) is 1.17. The average Bonchev–Trinajstić information content (AvgIpc) is 3.05. The lowest BCUT2D eigenvalue weighted by molar-refractivity contribution is -0.162. The van der Waals surface area contributed by atoms with Crippen LogP contribution in [0.15, 0.2) is 18.2 Å². The molecule has 0 unspecified atom stereocenters. The van der Waals surface area contributed by atoms with Crippen molar-refractivity contribution in [3.05, 3.63) is 18.2 Å². The molecule has 1 saturated heterocycles. The third-order valence-corrected chi connectivity index (χ3v) is 4.48. The lowest BCUT2D eigenvalue weighted by Gasteiger charge is -2.37. The molecule has 0 saturated carbocycles. The minimum Gasteiger partial charge on any atom is -0.465 e. The summed E-state index contributed by atoms with van der Waals surface area (Å²) in [6.45, 7) is 3.72. The predicted octanol–water partition coefficient (Wildman–Crippen LogP) is 0.912. The van der Waals surface area contributed by atoms with Crippen molar-refractivity contribution in [3.63, 3.8) is 0 Å². The van der Waals surface area contributed by atoms with Gasteiger partial charge in [-0.2, -0.15) is 0 Å². The number of amides is 2. The highest BCUT2D eigenvalue weighted by molar-refractivity contribution is 6.16. The van der Waals surface area contributed by atoms with E-state index in [0.29, 0.717) is 36.5 Å². The van der Waals surface area contributed by atoms with Gasteiger partial charge in [0.2, 0.25) is 0 Å². The van der Waals surface area contributed by atoms with Gasteiger partial charge in [-0.15, -0.1) is 0 Å². The van der Waals surface area contributed by atoms with E-state index in [0.717, 1.165) is 0 Å². The maximum Gasteiger partial charge on any atom is 0.328 e. The van der Waals surface area contributed by atoms with Gasteiger partial charge in [0.25, 0.3) is 17.4 Å². The Labute approximate surface area is 145 Å². The number of benzene rings is 1. The molecule has 2 atom stereocenters. The Morgan fingerprint density at radius 3 is 2.96 bits per heavy atom. The van der Waals surface area contributed by atoms with Crippen LogP contribution >= 0.6 is 0 Å². The van der Waals surface area contributed by atoms with E-state index < -0.39 is 29.4 Å². The molecule has 8 nitrogen and oxygen atoms in total. The fourth-order valence-electron chi connectivity index (χ4n) is 3.14. The monoisotopic (exact) mass is 347 g/mol. The molecule has 0 aromatic heterocycles. The quantitative estimate of drug-likeness (QED) is 0.478. The van der Waals surface area contributed by atoms with Crippen LogP contribution in [0, 0.1) is 0 Å². The van der Waals surface area contributed by atoms with Gasteiger partial charge in [-0.1, -0.05) is 0 Å². The highest BCUT2D eigenvalue weighted by Crippen LogP contribution is 2.37. The number of hydrogen-bond donors (Lipinski definition) is 2. The number of likely N-dealkylation sites (tertiary alicyclic amines) is 1. The number of fused-ring (bicyclic) bond motifs is 1. The molecule has 2 heterocycles. The number of nitrogen functional groups attached to an aromatic ring is 1. The number of esters is 1. The van der Waals surface area contributed by atoms with E-state index in [1.807, 2.05) is 0 Å². The Bertz CT molecular complexity index is 735. The number of nitrogens with two attached hydrogens (primary N) is 1. The summed E-state index contributed by atoms with van der Waals surface area (Å²) in [5, 5.41) is 2.67. The molecule has 1 aromatic rings. The highest BCUT2D eigenvalue weighted by Gasteiger charge is 2.52. The molecule has 0 radical (unpaired) electrons. The van der Waals surface area contributed by atoms with Crippen molar-refractivity contribution in [3.8, 4) is 5.75 Å². The fourth-order valence-corrected chi connectivity index (χ4v) is 3.14. The predicted molar refractivity (Wildman–Crippen MR) is 89.9 cm³/mol. The Hall–Kier alpha value is -2.77. The van der Waals surface area contributed by atoms with Crippen LogP contribution in [0.25, 0.3) is 0 Å². The number of rotatable bonds is 3. The van der Waals surface area contributed by atoms with Crippen LogP contribution in [0.4, 0.5) is 11.4 Å². The van der Waals surface area contributed by atoms with E-state index in [9.17, 15) is 14.4 Å². The van der Waals surface area contributed by atoms with Crippen molar-refractivity contribution in [1.29, 1.82) is 0 Å². The molecule has 134 valence electrons. The van der Waals surface area contributed by atoms with Gasteiger partial charge in [0, 0.05) is 18.3 Å². The van der Waals surface area contributed by atoms with Crippen LogP contribution < -0.4 is 15.8 Å². The zero-order chi connectivity index (χ0) is 18.2. The Kier molecular flexibility index (Phi) is 4.28. The molecule has 0 aliphatic carbocycles. The summed E-state index contributed by atoms with van der Waals surface area (Å²) >= 11 is 0. The molecule has 1 aromatic carbocycles. The maximum atomic E-state index is 13.0. The van der Waals surface area contributed by atoms with Crippen LogP contribution in [0.3, 0.4) is 0 Å². The van der Waals surface area contributed by atoms with Gasteiger partial charge < -0.3 is 25.4 Å². The summed E-state index contributed by atoms with van der Waals surface area (Å²) in [7, 11) is 0. The largest absolute Gasteiger partial charge is 0.465 e. The maximum absolute atomic E-state index is 13.0. The zero-order valence-corrected chi connectivity index (χ0v) is 14.2. The second-order valence-corrected chi connectivity index (χ2v) is 6.25. The van der Waals surface area contributed by atoms with Crippen molar-refractivity contribution >= 4 is 29.2 Å². The van der Waals surface area contributed by atoms with E-state index in [1.165, 1.54) is 11.8 Å². The van der Waals surface area contributed by atoms with Gasteiger partial charge >= 0.3 is 5.97 Å². The number of carbonyl (C=O) groups excluding carboxylic acids is 3. The molecule has 25 heavy (non-hydrogen) atoms. The Morgan fingerprint density at radius 1 is 1.48 bits per heavy atom. The van der Waals surface area contributed by atoms with E-state index in [1.54, 1.807) is 25.1 Å². The Morgan fingerprint density at radius 2 is 2.24 bits per heavy atom. The summed E-state index contributed by atoms with van der Waals surface area (Å²) in [5.41, 5.74) is 4.89. The molecule has 3 rings (SSSR count). The highest BCUT2D eigenvalue weighted by atomic mass is 16.5. The van der Waals surface area contributed by atoms with Crippen LogP contribution in [-0.2, 0) is 19.1 Å². The molecule has 0 bridgehead atoms. The summed E-state index contributed by atoms with van der Waals surface area (Å²) in [4.78, 5) is 39.0. The molecule has 2 aliphatic rings. The molecular weight excluding hydrogens is 326 g/mol. The molecule has 1 fully saturated rings. The molecule has 2 aliphatic heterocycles. The van der Waals surface area contributed by atoms with Gasteiger partial charge in [-0.25, -0.2) is 4.79 Å². The lowest BCUT2D eigenvalue weighted by atomic mass is 10.00. The molecular formula is C17H21N3O5. The number of carbonyl (C=O) groups is 3. The lowest BCUT2D eigenvalue weighted by Crippen LogP contribution is -2.61. The smallest absolute Gasteiger partial charge is 0.328 e. The summed E-state index contributed by atoms with van der Waals surface area (Å²) in [6, 6.07) is 4.10. The Balaban J connectivity index is 1.88.